The standard InChI is InChI=1S/C20H30O2/c1-19-8-3-4-16(19)15-6-5-14-10-18(22)13(12-21)11-20(14,2)17(15)7-9-19/h5,12-13,15-18,22H,3-4,6-11H2,1-2H3/t13?,15-,16-,17+,18?,19-,20-/m0/s1. The minimum absolute atomic E-state index is 0.155. The van der Waals surface area contributed by atoms with E-state index in [1.807, 2.05) is 0 Å². The summed E-state index contributed by atoms with van der Waals surface area (Å²) in [7, 11) is 0. The molecule has 3 fully saturated rings. The first-order chi connectivity index (χ1) is 10.5. The van der Waals surface area contributed by atoms with Crippen LogP contribution in [-0.2, 0) is 4.79 Å². The van der Waals surface area contributed by atoms with Crippen LogP contribution in [0.4, 0.5) is 0 Å². The van der Waals surface area contributed by atoms with Crippen molar-refractivity contribution in [1.29, 1.82) is 0 Å². The second-order valence-corrected chi connectivity index (χ2v) is 9.12. The highest BCUT2D eigenvalue weighted by atomic mass is 16.3. The maximum Gasteiger partial charge on any atom is 0.125 e. The summed E-state index contributed by atoms with van der Waals surface area (Å²) in [6, 6.07) is 0. The third kappa shape index (κ3) is 1.92. The first-order valence-electron chi connectivity index (χ1n) is 9.31. The molecule has 0 aliphatic heterocycles. The van der Waals surface area contributed by atoms with Crippen molar-refractivity contribution in [2.75, 3.05) is 0 Å². The first kappa shape index (κ1) is 14.9. The molecule has 0 saturated heterocycles. The molecule has 0 bridgehead atoms. The SMILES string of the molecule is C[C@@]12CCC[C@H]1[C@@H]1CC=C3CC(O)C(C=O)C[C@]3(C)[C@@H]1CC2. The molecular formula is C20H30O2. The Bertz CT molecular complexity index is 510. The summed E-state index contributed by atoms with van der Waals surface area (Å²) in [4.78, 5) is 11.4. The van der Waals surface area contributed by atoms with Crippen LogP contribution in [0.1, 0.15) is 65.2 Å². The Morgan fingerprint density at radius 3 is 2.82 bits per heavy atom. The molecule has 0 radical (unpaired) electrons. The molecule has 0 heterocycles. The normalized spacial score (nSPS) is 54.0. The number of rotatable bonds is 1. The van der Waals surface area contributed by atoms with Gasteiger partial charge in [0, 0.05) is 5.92 Å². The second kappa shape index (κ2) is 4.93. The molecule has 22 heavy (non-hydrogen) atoms. The van der Waals surface area contributed by atoms with Crippen LogP contribution in [0.5, 0.6) is 0 Å². The molecule has 1 N–H and O–H groups in total. The van der Waals surface area contributed by atoms with Gasteiger partial charge in [-0.1, -0.05) is 31.9 Å². The Hall–Kier alpha value is -0.630. The number of hydrogen-bond acceptors (Lipinski definition) is 2. The lowest BCUT2D eigenvalue weighted by Crippen LogP contribution is -2.51. The molecule has 0 aromatic heterocycles. The van der Waals surface area contributed by atoms with Crippen molar-refractivity contribution in [1.82, 2.24) is 0 Å². The highest BCUT2D eigenvalue weighted by Crippen LogP contribution is 2.65. The number of hydrogen-bond donors (Lipinski definition) is 1. The molecule has 4 aliphatic carbocycles. The van der Waals surface area contributed by atoms with Crippen LogP contribution < -0.4 is 0 Å². The summed E-state index contributed by atoms with van der Waals surface area (Å²) in [6.07, 6.45) is 12.8. The van der Waals surface area contributed by atoms with E-state index in [0.717, 1.165) is 36.9 Å². The fraction of sp³-hybridized carbons (Fsp3) is 0.850. The molecule has 0 spiro atoms. The molecule has 0 aromatic rings. The fourth-order valence-corrected chi connectivity index (χ4v) is 6.89. The first-order valence-corrected chi connectivity index (χ1v) is 9.31. The summed E-state index contributed by atoms with van der Waals surface area (Å²) in [5.74, 6) is 2.29. The third-order valence-corrected chi connectivity index (χ3v) is 8.16. The zero-order valence-electron chi connectivity index (χ0n) is 14.1. The molecule has 3 saturated carbocycles. The summed E-state index contributed by atoms with van der Waals surface area (Å²) in [5, 5.41) is 10.2. The van der Waals surface area contributed by atoms with Crippen LogP contribution >= 0.6 is 0 Å². The Labute approximate surface area is 134 Å². The lowest BCUT2D eigenvalue weighted by Gasteiger charge is -2.58. The molecule has 2 nitrogen and oxygen atoms in total. The molecule has 0 aromatic carbocycles. The second-order valence-electron chi connectivity index (χ2n) is 9.12. The van der Waals surface area contributed by atoms with Crippen LogP contribution in [0.3, 0.4) is 0 Å². The van der Waals surface area contributed by atoms with Crippen LogP contribution in [0.2, 0.25) is 0 Å². The predicted molar refractivity (Wildman–Crippen MR) is 87.3 cm³/mol. The lowest BCUT2D eigenvalue weighted by atomic mass is 9.47. The Morgan fingerprint density at radius 1 is 1.23 bits per heavy atom. The van der Waals surface area contributed by atoms with Crippen LogP contribution in [-0.4, -0.2) is 17.5 Å². The van der Waals surface area contributed by atoms with E-state index in [2.05, 4.69) is 19.9 Å². The summed E-state index contributed by atoms with van der Waals surface area (Å²) < 4.78 is 0. The maximum atomic E-state index is 11.4. The van der Waals surface area contributed by atoms with E-state index in [-0.39, 0.29) is 11.3 Å². The van der Waals surface area contributed by atoms with Gasteiger partial charge in [-0.25, -0.2) is 0 Å². The molecular weight excluding hydrogens is 272 g/mol. The van der Waals surface area contributed by atoms with Gasteiger partial charge in [-0.05, 0) is 73.5 Å². The average Bonchev–Trinajstić information content (AvgIpc) is 2.89. The highest BCUT2D eigenvalue weighted by molar-refractivity contribution is 5.56. The van der Waals surface area contributed by atoms with Crippen molar-refractivity contribution in [2.45, 2.75) is 71.3 Å². The highest BCUT2D eigenvalue weighted by Gasteiger charge is 2.56. The van der Waals surface area contributed by atoms with Crippen molar-refractivity contribution >= 4 is 6.29 Å². The number of aliphatic hydroxyl groups is 1. The molecule has 122 valence electrons. The third-order valence-electron chi connectivity index (χ3n) is 8.16. The van der Waals surface area contributed by atoms with Gasteiger partial charge < -0.3 is 9.90 Å². The number of allylic oxidation sites excluding steroid dienone is 1. The molecule has 2 heteroatoms. The van der Waals surface area contributed by atoms with Gasteiger partial charge in [-0.15, -0.1) is 0 Å². The van der Waals surface area contributed by atoms with Crippen molar-refractivity contribution in [3.8, 4) is 0 Å². The van der Waals surface area contributed by atoms with Gasteiger partial charge in [0.05, 0.1) is 6.10 Å². The number of carbonyl (C=O) groups excluding carboxylic acids is 1. The number of aliphatic hydroxyl groups excluding tert-OH is 1. The largest absolute Gasteiger partial charge is 0.392 e. The fourth-order valence-electron chi connectivity index (χ4n) is 6.89. The Balaban J connectivity index is 1.68. The zero-order valence-corrected chi connectivity index (χ0v) is 14.1. The van der Waals surface area contributed by atoms with Crippen LogP contribution in [0.25, 0.3) is 0 Å². The van der Waals surface area contributed by atoms with Crippen molar-refractivity contribution in [2.24, 2.45) is 34.5 Å². The topological polar surface area (TPSA) is 37.3 Å². The van der Waals surface area contributed by atoms with Crippen molar-refractivity contribution < 1.29 is 9.90 Å². The van der Waals surface area contributed by atoms with E-state index in [9.17, 15) is 9.90 Å². The van der Waals surface area contributed by atoms with Crippen molar-refractivity contribution in [3.63, 3.8) is 0 Å². The van der Waals surface area contributed by atoms with E-state index in [1.54, 1.807) is 0 Å². The van der Waals surface area contributed by atoms with Crippen molar-refractivity contribution in [3.05, 3.63) is 11.6 Å². The van der Waals surface area contributed by atoms with E-state index in [4.69, 9.17) is 0 Å². The van der Waals surface area contributed by atoms with E-state index in [1.165, 1.54) is 44.1 Å². The molecule has 0 amide bonds. The van der Waals surface area contributed by atoms with Crippen LogP contribution in [0.15, 0.2) is 11.6 Å². The van der Waals surface area contributed by atoms with Gasteiger partial charge >= 0.3 is 0 Å². The van der Waals surface area contributed by atoms with Gasteiger partial charge in [-0.2, -0.15) is 0 Å². The Morgan fingerprint density at radius 2 is 2.05 bits per heavy atom. The number of aldehydes is 1. The van der Waals surface area contributed by atoms with Gasteiger partial charge in [-0.3, -0.25) is 0 Å². The minimum Gasteiger partial charge on any atom is -0.392 e. The van der Waals surface area contributed by atoms with Crippen LogP contribution in [0, 0.1) is 34.5 Å². The van der Waals surface area contributed by atoms with Gasteiger partial charge in [0.25, 0.3) is 0 Å². The number of fused-ring (bicyclic) bond motifs is 5. The molecule has 4 rings (SSSR count). The quantitative estimate of drug-likeness (QED) is 0.584. The molecule has 7 atom stereocenters. The minimum atomic E-state index is -0.450. The summed E-state index contributed by atoms with van der Waals surface area (Å²) in [6.45, 7) is 4.93. The monoisotopic (exact) mass is 302 g/mol. The van der Waals surface area contributed by atoms with Gasteiger partial charge in [0.2, 0.25) is 0 Å². The zero-order chi connectivity index (χ0) is 15.5. The molecule has 2 unspecified atom stereocenters. The van der Waals surface area contributed by atoms with Gasteiger partial charge in [0.15, 0.2) is 0 Å². The summed E-state index contributed by atoms with van der Waals surface area (Å²) >= 11 is 0. The number of carbonyl (C=O) groups is 1. The predicted octanol–water partition coefficient (Wildman–Crippen LogP) is 4.13. The summed E-state index contributed by atoms with van der Waals surface area (Å²) in [5.41, 5.74) is 2.21. The Kier molecular flexibility index (Phi) is 3.35. The molecule has 4 aliphatic rings. The average molecular weight is 302 g/mol. The lowest BCUT2D eigenvalue weighted by molar-refractivity contribution is -0.119. The van der Waals surface area contributed by atoms with E-state index < -0.39 is 6.10 Å². The maximum absolute atomic E-state index is 11.4. The smallest absolute Gasteiger partial charge is 0.125 e. The van der Waals surface area contributed by atoms with Gasteiger partial charge in [0.1, 0.15) is 6.29 Å². The van der Waals surface area contributed by atoms with E-state index in [0.29, 0.717) is 5.41 Å². The van der Waals surface area contributed by atoms with E-state index >= 15 is 0 Å².